The predicted molar refractivity (Wildman–Crippen MR) is 131 cm³/mol. The molecule has 0 bridgehead atoms. The molecule has 0 spiro atoms. The average Bonchev–Trinajstić information content (AvgIpc) is 3.13. The first kappa shape index (κ1) is 23.3. The van der Waals surface area contributed by atoms with Crippen molar-refractivity contribution in [2.24, 2.45) is 4.99 Å². The van der Waals surface area contributed by atoms with Gasteiger partial charge in [0.25, 0.3) is 5.91 Å². The predicted octanol–water partition coefficient (Wildman–Crippen LogP) is 5.73. The van der Waals surface area contributed by atoms with Gasteiger partial charge in [0.05, 0.1) is 16.2 Å². The number of carbonyl (C=O) groups is 2. The van der Waals surface area contributed by atoms with Gasteiger partial charge in [0.15, 0.2) is 5.17 Å². The Bertz CT molecular complexity index is 1270. The molecule has 0 aromatic heterocycles. The Hall–Kier alpha value is -3.91. The normalized spacial score (nSPS) is 15.8. The highest BCUT2D eigenvalue weighted by Crippen LogP contribution is 2.35. The fourth-order valence-corrected chi connectivity index (χ4v) is 4.33. The number of likely N-dealkylation sites (N-methyl/N-ethyl adjacent to an activating group) is 1. The Kier molecular flexibility index (Phi) is 7.08. The van der Waals surface area contributed by atoms with Gasteiger partial charge in [-0.3, -0.25) is 9.69 Å². The van der Waals surface area contributed by atoms with E-state index in [4.69, 9.17) is 9.84 Å². The fourth-order valence-electron chi connectivity index (χ4n) is 3.27. The van der Waals surface area contributed by atoms with Crippen molar-refractivity contribution in [2.45, 2.75) is 13.5 Å². The van der Waals surface area contributed by atoms with Crippen molar-refractivity contribution >= 4 is 40.6 Å². The van der Waals surface area contributed by atoms with E-state index < -0.39 is 5.97 Å². The SMILES string of the molecule is CCN1C(=O)/C(=C/c2ccccc2OCc2ccc(F)cc2)SC1=Nc1ccc(C(=O)O)cc1. The zero-order chi connectivity index (χ0) is 24.1. The molecule has 0 radical (unpaired) electrons. The van der Waals surface area contributed by atoms with Crippen LogP contribution in [0.5, 0.6) is 5.75 Å². The molecule has 6 nitrogen and oxygen atoms in total. The van der Waals surface area contributed by atoms with Gasteiger partial charge in [0, 0.05) is 12.1 Å². The number of thioether (sulfide) groups is 1. The average molecular weight is 477 g/mol. The zero-order valence-corrected chi connectivity index (χ0v) is 19.1. The van der Waals surface area contributed by atoms with Crippen molar-refractivity contribution in [1.29, 1.82) is 0 Å². The Balaban J connectivity index is 1.56. The fraction of sp³-hybridized carbons (Fsp3) is 0.115. The number of ether oxygens (including phenoxy) is 1. The molecule has 1 fully saturated rings. The summed E-state index contributed by atoms with van der Waals surface area (Å²) in [6.07, 6.45) is 1.77. The Labute approximate surface area is 200 Å². The molecule has 0 unspecified atom stereocenters. The molecule has 172 valence electrons. The van der Waals surface area contributed by atoms with Crippen molar-refractivity contribution in [3.05, 3.63) is 100 Å². The Morgan fingerprint density at radius 1 is 1.09 bits per heavy atom. The van der Waals surface area contributed by atoms with E-state index in [2.05, 4.69) is 4.99 Å². The first-order valence-corrected chi connectivity index (χ1v) is 11.4. The number of benzene rings is 3. The van der Waals surface area contributed by atoms with E-state index in [-0.39, 0.29) is 23.9 Å². The van der Waals surface area contributed by atoms with Gasteiger partial charge >= 0.3 is 5.97 Å². The number of rotatable bonds is 7. The summed E-state index contributed by atoms with van der Waals surface area (Å²) in [6, 6.07) is 19.6. The summed E-state index contributed by atoms with van der Waals surface area (Å²) in [4.78, 5) is 30.7. The van der Waals surface area contributed by atoms with Gasteiger partial charge in [-0.15, -0.1) is 0 Å². The van der Waals surface area contributed by atoms with Crippen LogP contribution in [0.4, 0.5) is 10.1 Å². The lowest BCUT2D eigenvalue weighted by molar-refractivity contribution is -0.122. The zero-order valence-electron chi connectivity index (χ0n) is 18.3. The number of aliphatic imine (C=N–C) groups is 1. The molecule has 1 saturated heterocycles. The lowest BCUT2D eigenvalue weighted by Crippen LogP contribution is -2.28. The van der Waals surface area contributed by atoms with E-state index in [0.29, 0.717) is 28.1 Å². The maximum atomic E-state index is 13.1. The summed E-state index contributed by atoms with van der Waals surface area (Å²) in [5, 5.41) is 9.58. The van der Waals surface area contributed by atoms with E-state index in [0.717, 1.165) is 11.1 Å². The molecule has 1 aliphatic heterocycles. The molecule has 1 aliphatic rings. The van der Waals surface area contributed by atoms with E-state index in [1.54, 1.807) is 35.2 Å². The minimum atomic E-state index is -1.01. The first-order chi connectivity index (χ1) is 16.4. The second-order valence-corrected chi connectivity index (χ2v) is 8.37. The third kappa shape index (κ3) is 5.35. The number of amidine groups is 1. The maximum absolute atomic E-state index is 13.1. The van der Waals surface area contributed by atoms with E-state index in [1.165, 1.54) is 36.0 Å². The summed E-state index contributed by atoms with van der Waals surface area (Å²) < 4.78 is 19.1. The van der Waals surface area contributed by atoms with Crippen LogP contribution >= 0.6 is 11.8 Å². The van der Waals surface area contributed by atoms with Crippen LogP contribution in [-0.2, 0) is 11.4 Å². The van der Waals surface area contributed by atoms with Gasteiger partial charge in [-0.1, -0.05) is 30.3 Å². The van der Waals surface area contributed by atoms with E-state index in [9.17, 15) is 14.0 Å². The second-order valence-electron chi connectivity index (χ2n) is 7.36. The minimum Gasteiger partial charge on any atom is -0.488 e. The number of halogens is 1. The number of hydrogen-bond acceptors (Lipinski definition) is 5. The molecule has 1 N–H and O–H groups in total. The lowest BCUT2D eigenvalue weighted by atomic mass is 10.1. The smallest absolute Gasteiger partial charge is 0.335 e. The van der Waals surface area contributed by atoms with E-state index in [1.807, 2.05) is 31.2 Å². The highest BCUT2D eigenvalue weighted by Gasteiger charge is 2.32. The molecule has 1 amide bonds. The monoisotopic (exact) mass is 476 g/mol. The standard InChI is InChI=1S/C26H21FN2O4S/c1-2-29-24(30)23(34-26(29)28-21-13-9-18(10-14-21)25(31)32)15-19-5-3-4-6-22(19)33-16-17-7-11-20(27)12-8-17/h3-15H,2,16H2,1H3,(H,31,32)/b23-15-,28-26?. The largest absolute Gasteiger partial charge is 0.488 e. The minimum absolute atomic E-state index is 0.165. The molecule has 0 aliphatic carbocycles. The number of amides is 1. The first-order valence-electron chi connectivity index (χ1n) is 10.5. The van der Waals surface area contributed by atoms with Crippen LogP contribution in [0.1, 0.15) is 28.4 Å². The highest BCUT2D eigenvalue weighted by atomic mass is 32.2. The summed E-state index contributed by atoms with van der Waals surface area (Å²) in [6.45, 7) is 2.57. The number of carboxylic acids is 1. The number of nitrogens with zero attached hydrogens (tertiary/aromatic N) is 2. The quantitative estimate of drug-likeness (QED) is 0.441. The van der Waals surface area contributed by atoms with Crippen LogP contribution in [0.25, 0.3) is 6.08 Å². The van der Waals surface area contributed by atoms with Gasteiger partial charge in [0.2, 0.25) is 0 Å². The number of carboxylic acid groups (broad SMARTS) is 1. The summed E-state index contributed by atoms with van der Waals surface area (Å²) >= 11 is 1.25. The van der Waals surface area contributed by atoms with Crippen LogP contribution < -0.4 is 4.74 Å². The molecule has 0 saturated carbocycles. The van der Waals surface area contributed by atoms with Crippen molar-refractivity contribution in [3.8, 4) is 5.75 Å². The van der Waals surface area contributed by atoms with Crippen LogP contribution in [0.15, 0.2) is 82.7 Å². The third-order valence-corrected chi connectivity index (χ3v) is 6.06. The molecule has 1 heterocycles. The van der Waals surface area contributed by atoms with Crippen LogP contribution in [0.2, 0.25) is 0 Å². The van der Waals surface area contributed by atoms with Gasteiger partial charge in [-0.2, -0.15) is 0 Å². The number of para-hydroxylation sites is 1. The maximum Gasteiger partial charge on any atom is 0.335 e. The molecule has 4 rings (SSSR count). The summed E-state index contributed by atoms with van der Waals surface area (Å²) in [7, 11) is 0. The molecular weight excluding hydrogens is 455 g/mol. The van der Waals surface area contributed by atoms with Gasteiger partial charge < -0.3 is 9.84 Å². The molecule has 8 heteroatoms. The van der Waals surface area contributed by atoms with Crippen LogP contribution in [0.3, 0.4) is 0 Å². The Morgan fingerprint density at radius 2 is 1.79 bits per heavy atom. The molecule has 3 aromatic rings. The Morgan fingerprint density at radius 3 is 2.47 bits per heavy atom. The lowest BCUT2D eigenvalue weighted by Gasteiger charge is -2.12. The van der Waals surface area contributed by atoms with Crippen LogP contribution in [-0.4, -0.2) is 33.6 Å². The van der Waals surface area contributed by atoms with Crippen LogP contribution in [0, 0.1) is 5.82 Å². The van der Waals surface area contributed by atoms with Crippen molar-refractivity contribution in [2.75, 3.05) is 6.54 Å². The number of carbonyl (C=O) groups excluding carboxylic acids is 1. The van der Waals surface area contributed by atoms with Gasteiger partial charge in [0.1, 0.15) is 18.2 Å². The number of hydrogen-bond donors (Lipinski definition) is 1. The van der Waals surface area contributed by atoms with Crippen molar-refractivity contribution in [1.82, 2.24) is 4.90 Å². The van der Waals surface area contributed by atoms with Gasteiger partial charge in [-0.05, 0) is 72.8 Å². The molecule has 0 atom stereocenters. The summed E-state index contributed by atoms with van der Waals surface area (Å²) in [5.41, 5.74) is 2.30. The highest BCUT2D eigenvalue weighted by molar-refractivity contribution is 8.18. The van der Waals surface area contributed by atoms with Gasteiger partial charge in [-0.25, -0.2) is 14.2 Å². The second kappa shape index (κ2) is 10.4. The number of aromatic carboxylic acids is 1. The third-order valence-electron chi connectivity index (χ3n) is 5.06. The molecular formula is C26H21FN2O4S. The summed E-state index contributed by atoms with van der Waals surface area (Å²) in [5.74, 6) is -0.876. The topological polar surface area (TPSA) is 79.2 Å². The van der Waals surface area contributed by atoms with Crippen molar-refractivity contribution in [3.63, 3.8) is 0 Å². The molecule has 3 aromatic carbocycles. The molecule has 34 heavy (non-hydrogen) atoms. The van der Waals surface area contributed by atoms with E-state index >= 15 is 0 Å². The van der Waals surface area contributed by atoms with Crippen molar-refractivity contribution < 1.29 is 23.8 Å².